The highest BCUT2D eigenvalue weighted by molar-refractivity contribution is 6.30. The Morgan fingerprint density at radius 2 is 1.81 bits per heavy atom. The highest BCUT2D eigenvalue weighted by atomic mass is 35.5. The number of piperidine rings is 1. The minimum absolute atomic E-state index is 0.119. The van der Waals surface area contributed by atoms with Crippen LogP contribution in [0.5, 0.6) is 0 Å². The first kappa shape index (κ1) is 17.7. The van der Waals surface area contributed by atoms with E-state index >= 15 is 0 Å². The van der Waals surface area contributed by atoms with Gasteiger partial charge in [0.2, 0.25) is 5.91 Å². The van der Waals surface area contributed by atoms with E-state index in [-0.39, 0.29) is 35.5 Å². The number of ether oxygens (including phenoxy) is 1. The van der Waals surface area contributed by atoms with Crippen molar-refractivity contribution in [2.45, 2.75) is 69.0 Å². The number of benzene rings is 1. The van der Waals surface area contributed by atoms with Crippen LogP contribution in [0.2, 0.25) is 5.02 Å². The molecule has 140 valence electrons. The molecule has 1 N–H and O–H groups in total. The average molecular weight is 377 g/mol. The first-order chi connectivity index (χ1) is 12.5. The van der Waals surface area contributed by atoms with Gasteiger partial charge in [0.15, 0.2) is 0 Å². The van der Waals surface area contributed by atoms with Gasteiger partial charge in [-0.3, -0.25) is 4.79 Å². The number of nitrogens with one attached hydrogen (secondary N) is 1. The zero-order chi connectivity index (χ0) is 18.3. The molecule has 1 aromatic rings. The van der Waals surface area contributed by atoms with Crippen molar-refractivity contribution in [3.8, 4) is 0 Å². The van der Waals surface area contributed by atoms with Crippen LogP contribution in [0.1, 0.15) is 51.0 Å². The number of hydrogen-bond acceptors (Lipinski definition) is 3. The molecule has 2 aliphatic heterocycles. The molecule has 2 saturated heterocycles. The molecular weight excluding hydrogens is 352 g/mol. The number of amides is 2. The molecular formula is C20H25ClN2O3. The molecule has 0 aromatic heterocycles. The fourth-order valence-electron chi connectivity index (χ4n) is 4.66. The van der Waals surface area contributed by atoms with Crippen molar-refractivity contribution in [1.82, 2.24) is 10.2 Å². The summed E-state index contributed by atoms with van der Waals surface area (Å²) in [5.74, 6) is 0.119. The van der Waals surface area contributed by atoms with E-state index < -0.39 is 0 Å². The van der Waals surface area contributed by atoms with Crippen LogP contribution in [0.4, 0.5) is 4.79 Å². The zero-order valence-electron chi connectivity index (χ0n) is 15.0. The molecule has 6 heteroatoms. The third-order valence-corrected chi connectivity index (χ3v) is 6.38. The second-order valence-corrected chi connectivity index (χ2v) is 8.16. The molecule has 3 fully saturated rings. The Kier molecular flexibility index (Phi) is 4.59. The van der Waals surface area contributed by atoms with Crippen molar-refractivity contribution < 1.29 is 14.3 Å². The van der Waals surface area contributed by atoms with Crippen molar-refractivity contribution in [2.75, 3.05) is 6.61 Å². The third-order valence-electron chi connectivity index (χ3n) is 6.13. The minimum Gasteiger partial charge on any atom is -0.450 e. The molecule has 1 unspecified atom stereocenters. The number of rotatable bonds is 4. The van der Waals surface area contributed by atoms with Crippen LogP contribution < -0.4 is 5.32 Å². The first-order valence-electron chi connectivity index (χ1n) is 9.55. The van der Waals surface area contributed by atoms with Crippen LogP contribution in [-0.2, 0) is 14.9 Å². The molecule has 3 aliphatic rings. The summed E-state index contributed by atoms with van der Waals surface area (Å²) in [5.41, 5.74) is 0.661. The van der Waals surface area contributed by atoms with Crippen LogP contribution in [-0.4, -0.2) is 41.6 Å². The predicted molar refractivity (Wildman–Crippen MR) is 99.2 cm³/mol. The molecule has 1 saturated carbocycles. The van der Waals surface area contributed by atoms with Crippen LogP contribution in [0.3, 0.4) is 0 Å². The maximum Gasteiger partial charge on any atom is 0.410 e. The lowest BCUT2D eigenvalue weighted by Crippen LogP contribution is -2.53. The van der Waals surface area contributed by atoms with Gasteiger partial charge in [0, 0.05) is 23.1 Å². The summed E-state index contributed by atoms with van der Waals surface area (Å²) in [5, 5.41) is 3.96. The zero-order valence-corrected chi connectivity index (χ0v) is 15.8. The fraction of sp³-hybridized carbons (Fsp3) is 0.600. The van der Waals surface area contributed by atoms with Gasteiger partial charge in [-0.15, -0.1) is 0 Å². The quantitative estimate of drug-likeness (QED) is 0.872. The smallest absolute Gasteiger partial charge is 0.410 e. The summed E-state index contributed by atoms with van der Waals surface area (Å²) in [7, 11) is 0. The maximum absolute atomic E-state index is 13.0. The fourth-order valence-corrected chi connectivity index (χ4v) is 4.78. The Hall–Kier alpha value is -1.75. The van der Waals surface area contributed by atoms with E-state index in [4.69, 9.17) is 16.3 Å². The van der Waals surface area contributed by atoms with E-state index in [1.807, 2.05) is 36.1 Å². The lowest BCUT2D eigenvalue weighted by molar-refractivity contribution is -0.124. The second kappa shape index (κ2) is 6.76. The normalized spacial score (nSPS) is 28.5. The summed E-state index contributed by atoms with van der Waals surface area (Å²) >= 11 is 5.98. The molecule has 0 spiro atoms. The Morgan fingerprint density at radius 1 is 1.19 bits per heavy atom. The van der Waals surface area contributed by atoms with Gasteiger partial charge in [0.25, 0.3) is 0 Å². The van der Waals surface area contributed by atoms with Gasteiger partial charge in [0.05, 0.1) is 12.0 Å². The molecule has 2 bridgehead atoms. The number of nitrogens with zero attached hydrogens (tertiary/aromatic N) is 1. The number of halogens is 1. The standard InChI is InChI=1S/C20H25ClN2O3/c1-2-26-19(25)23-16-7-8-17(23)12-15(11-16)22-18(24)20(9-10-20)13-3-5-14(21)6-4-13/h3-6,15-17H,2,7-12H2,1H3,(H,22,24)/t15?,16-,17+. The summed E-state index contributed by atoms with van der Waals surface area (Å²) in [4.78, 5) is 27.1. The van der Waals surface area contributed by atoms with Crippen molar-refractivity contribution in [3.63, 3.8) is 0 Å². The van der Waals surface area contributed by atoms with Crippen LogP contribution in [0.15, 0.2) is 24.3 Å². The van der Waals surface area contributed by atoms with E-state index in [9.17, 15) is 9.59 Å². The SMILES string of the molecule is CCOC(=O)N1[C@@H]2CC[C@H]1CC(NC(=O)C1(c3ccc(Cl)cc3)CC1)C2. The van der Waals surface area contributed by atoms with Gasteiger partial charge in [-0.25, -0.2) is 4.79 Å². The second-order valence-electron chi connectivity index (χ2n) is 7.72. The largest absolute Gasteiger partial charge is 0.450 e. The molecule has 0 radical (unpaired) electrons. The van der Waals surface area contributed by atoms with Gasteiger partial charge in [-0.2, -0.15) is 0 Å². The van der Waals surface area contributed by atoms with Crippen LogP contribution in [0.25, 0.3) is 0 Å². The van der Waals surface area contributed by atoms with Crippen molar-refractivity contribution in [1.29, 1.82) is 0 Å². The molecule has 1 aromatic carbocycles. The molecule has 4 rings (SSSR count). The third kappa shape index (κ3) is 3.07. The Bertz CT molecular complexity index is 688. The Balaban J connectivity index is 1.41. The van der Waals surface area contributed by atoms with E-state index in [1.165, 1.54) is 0 Å². The van der Waals surface area contributed by atoms with E-state index in [1.54, 1.807) is 0 Å². The van der Waals surface area contributed by atoms with Crippen LogP contribution >= 0.6 is 11.6 Å². The number of fused-ring (bicyclic) bond motifs is 2. The highest BCUT2D eigenvalue weighted by Gasteiger charge is 2.52. The Labute approximate surface area is 159 Å². The molecule has 3 atom stereocenters. The lowest BCUT2D eigenvalue weighted by atomic mass is 9.92. The number of hydrogen-bond donors (Lipinski definition) is 1. The van der Waals surface area contributed by atoms with Crippen molar-refractivity contribution in [3.05, 3.63) is 34.9 Å². The highest BCUT2D eigenvalue weighted by Crippen LogP contribution is 2.49. The summed E-state index contributed by atoms with van der Waals surface area (Å²) in [6, 6.07) is 8.12. The van der Waals surface area contributed by atoms with E-state index in [2.05, 4.69) is 5.32 Å². The predicted octanol–water partition coefficient (Wildman–Crippen LogP) is 3.64. The average Bonchev–Trinajstić information content (AvgIpc) is 3.37. The summed E-state index contributed by atoms with van der Waals surface area (Å²) in [6.45, 7) is 2.23. The topological polar surface area (TPSA) is 58.6 Å². The maximum atomic E-state index is 13.0. The number of carbonyl (C=O) groups excluding carboxylic acids is 2. The van der Waals surface area contributed by atoms with E-state index in [0.717, 1.165) is 44.1 Å². The molecule has 2 amide bonds. The molecule has 26 heavy (non-hydrogen) atoms. The molecule has 1 aliphatic carbocycles. The monoisotopic (exact) mass is 376 g/mol. The van der Waals surface area contributed by atoms with E-state index in [0.29, 0.717) is 11.6 Å². The molecule has 5 nitrogen and oxygen atoms in total. The Morgan fingerprint density at radius 3 is 2.35 bits per heavy atom. The minimum atomic E-state index is -0.387. The lowest BCUT2D eigenvalue weighted by Gasteiger charge is -2.38. The summed E-state index contributed by atoms with van der Waals surface area (Å²) < 4.78 is 5.20. The first-order valence-corrected chi connectivity index (χ1v) is 9.93. The molecule has 2 heterocycles. The summed E-state index contributed by atoms with van der Waals surface area (Å²) in [6.07, 6.45) is 5.19. The number of carbonyl (C=O) groups is 2. The van der Waals surface area contributed by atoms with Gasteiger partial charge < -0.3 is 15.0 Å². The van der Waals surface area contributed by atoms with Gasteiger partial charge in [-0.1, -0.05) is 23.7 Å². The van der Waals surface area contributed by atoms with Gasteiger partial charge in [0.1, 0.15) is 0 Å². The van der Waals surface area contributed by atoms with Crippen LogP contribution in [0, 0.1) is 0 Å². The van der Waals surface area contributed by atoms with Crippen molar-refractivity contribution in [2.24, 2.45) is 0 Å². The van der Waals surface area contributed by atoms with Crippen molar-refractivity contribution >= 4 is 23.6 Å². The van der Waals surface area contributed by atoms with Gasteiger partial charge in [-0.05, 0) is 63.1 Å². The van der Waals surface area contributed by atoms with Gasteiger partial charge >= 0.3 is 6.09 Å².